The highest BCUT2D eigenvalue weighted by atomic mass is 19.3. The maximum absolute atomic E-state index is 13.1. The molecule has 16 heavy (non-hydrogen) atoms. The Bertz CT molecular complexity index is 337. The lowest BCUT2D eigenvalue weighted by molar-refractivity contribution is -0.324. The van der Waals surface area contributed by atoms with Crippen LogP contribution in [0.3, 0.4) is 0 Å². The summed E-state index contributed by atoms with van der Waals surface area (Å²) < 4.78 is 105. The van der Waals surface area contributed by atoms with E-state index in [0.29, 0.717) is 0 Å². The van der Waals surface area contributed by atoms with E-state index in [4.69, 9.17) is 0 Å². The van der Waals surface area contributed by atoms with E-state index in [2.05, 4.69) is 4.74 Å². The highest BCUT2D eigenvalue weighted by molar-refractivity contribution is 5.29. The molecule has 1 aliphatic carbocycles. The van der Waals surface area contributed by atoms with Gasteiger partial charge in [-0.05, 0) is 0 Å². The highest BCUT2D eigenvalue weighted by Crippen LogP contribution is 2.55. The molecule has 0 aromatic carbocycles. The van der Waals surface area contributed by atoms with E-state index < -0.39 is 35.5 Å². The molecule has 0 aromatic rings. The second kappa shape index (κ2) is 3.31. The van der Waals surface area contributed by atoms with Crippen LogP contribution in [0.2, 0.25) is 0 Å². The number of hydrogen-bond acceptors (Lipinski definition) is 1. The van der Waals surface area contributed by atoms with Crippen molar-refractivity contribution in [2.75, 3.05) is 7.11 Å². The van der Waals surface area contributed by atoms with Gasteiger partial charge >= 0.3 is 17.7 Å². The van der Waals surface area contributed by atoms with Crippen LogP contribution in [0.25, 0.3) is 0 Å². The maximum Gasteiger partial charge on any atom is 0.362 e. The third-order valence-electron chi connectivity index (χ3n) is 2.13. The topological polar surface area (TPSA) is 9.23 Å². The molecule has 1 aliphatic rings. The number of halogens is 8. The second-order valence-corrected chi connectivity index (χ2v) is 3.04. The minimum Gasteiger partial charge on any atom is -0.342 e. The molecule has 0 saturated carbocycles. The molecule has 2 atom stereocenters. The molecule has 0 amide bonds. The molecule has 0 spiro atoms. The van der Waals surface area contributed by atoms with Crippen molar-refractivity contribution >= 4 is 0 Å². The Kier molecular flexibility index (Phi) is 2.74. The van der Waals surface area contributed by atoms with Crippen LogP contribution in [0.4, 0.5) is 35.1 Å². The molecule has 0 heterocycles. The van der Waals surface area contributed by atoms with Crippen molar-refractivity contribution in [3.05, 3.63) is 11.7 Å². The Morgan fingerprint density at radius 3 is 1.81 bits per heavy atom. The zero-order valence-corrected chi connectivity index (χ0v) is 7.51. The van der Waals surface area contributed by atoms with Gasteiger partial charge in [0.25, 0.3) is 0 Å². The number of methoxy groups -OCH3 is 1. The standard InChI is InChI=1S/C7H4F8O/c1-16-7(15)4(10)5(11,12)2(8)3(9)6(7,13)14/h4H,1H3. The summed E-state index contributed by atoms with van der Waals surface area (Å²) in [6, 6.07) is 0. The Morgan fingerprint density at radius 1 is 1.00 bits per heavy atom. The summed E-state index contributed by atoms with van der Waals surface area (Å²) >= 11 is 0. The van der Waals surface area contributed by atoms with Crippen molar-refractivity contribution in [3.63, 3.8) is 0 Å². The largest absolute Gasteiger partial charge is 0.362 e. The van der Waals surface area contributed by atoms with Crippen LogP contribution in [0.1, 0.15) is 0 Å². The van der Waals surface area contributed by atoms with Gasteiger partial charge in [0.05, 0.1) is 0 Å². The number of allylic oxidation sites excluding steroid dienone is 1. The summed E-state index contributed by atoms with van der Waals surface area (Å²) in [7, 11) is 0.132. The predicted octanol–water partition coefficient (Wildman–Crippen LogP) is 3.07. The van der Waals surface area contributed by atoms with Crippen molar-refractivity contribution in [2.45, 2.75) is 23.9 Å². The van der Waals surface area contributed by atoms with Crippen LogP contribution in [0.15, 0.2) is 11.7 Å². The van der Waals surface area contributed by atoms with Crippen molar-refractivity contribution in [1.29, 1.82) is 0 Å². The van der Waals surface area contributed by atoms with E-state index in [0.717, 1.165) is 0 Å². The van der Waals surface area contributed by atoms with Crippen LogP contribution in [-0.2, 0) is 4.74 Å². The first kappa shape index (κ1) is 13.2. The van der Waals surface area contributed by atoms with Crippen molar-refractivity contribution in [1.82, 2.24) is 0 Å². The van der Waals surface area contributed by atoms with Gasteiger partial charge in [-0.2, -0.15) is 17.6 Å². The Balaban J connectivity index is 3.51. The Labute approximate surface area is 83.7 Å². The summed E-state index contributed by atoms with van der Waals surface area (Å²) in [6.45, 7) is 0. The fraction of sp³-hybridized carbons (Fsp3) is 0.714. The van der Waals surface area contributed by atoms with E-state index in [1.54, 1.807) is 0 Å². The van der Waals surface area contributed by atoms with Gasteiger partial charge < -0.3 is 4.74 Å². The molecule has 0 aromatic heterocycles. The van der Waals surface area contributed by atoms with Gasteiger partial charge in [0, 0.05) is 7.11 Å². The molecular formula is C7H4F8O. The van der Waals surface area contributed by atoms with Crippen molar-refractivity contribution in [3.8, 4) is 0 Å². The van der Waals surface area contributed by atoms with Crippen LogP contribution in [0, 0.1) is 0 Å². The third-order valence-corrected chi connectivity index (χ3v) is 2.13. The SMILES string of the molecule is COC1(F)C(F)C(F)(F)C(F)=C(F)C1(F)F. The smallest absolute Gasteiger partial charge is 0.342 e. The van der Waals surface area contributed by atoms with Gasteiger partial charge in [-0.25, -0.2) is 17.6 Å². The van der Waals surface area contributed by atoms with E-state index in [1.165, 1.54) is 0 Å². The number of alkyl halides is 6. The number of ether oxygens (including phenoxy) is 1. The molecule has 2 unspecified atom stereocenters. The van der Waals surface area contributed by atoms with Gasteiger partial charge in [0.2, 0.25) is 17.8 Å². The summed E-state index contributed by atoms with van der Waals surface area (Å²) in [4.78, 5) is 0. The first-order chi connectivity index (χ1) is 7.03. The summed E-state index contributed by atoms with van der Waals surface area (Å²) in [5.74, 6) is -22.5. The molecule has 0 bridgehead atoms. The van der Waals surface area contributed by atoms with Crippen LogP contribution in [-0.4, -0.2) is 31.0 Å². The lowest BCUT2D eigenvalue weighted by Crippen LogP contribution is -2.63. The van der Waals surface area contributed by atoms with E-state index in [1.807, 2.05) is 0 Å². The summed E-state index contributed by atoms with van der Waals surface area (Å²) in [5.41, 5.74) is 0. The van der Waals surface area contributed by atoms with Gasteiger partial charge in [0.1, 0.15) is 0 Å². The number of hydrogen-bond donors (Lipinski definition) is 0. The zero-order chi connectivity index (χ0) is 12.9. The molecule has 0 N–H and O–H groups in total. The van der Waals surface area contributed by atoms with E-state index in [-0.39, 0.29) is 7.11 Å². The first-order valence-corrected chi connectivity index (χ1v) is 3.73. The van der Waals surface area contributed by atoms with Crippen LogP contribution < -0.4 is 0 Å². The highest BCUT2D eigenvalue weighted by Gasteiger charge is 2.77. The normalized spacial score (nSPS) is 37.7. The van der Waals surface area contributed by atoms with Crippen LogP contribution in [0.5, 0.6) is 0 Å². The average molecular weight is 256 g/mol. The summed E-state index contributed by atoms with van der Waals surface area (Å²) in [6.07, 6.45) is -4.36. The lowest BCUT2D eigenvalue weighted by atomic mass is 9.91. The molecule has 94 valence electrons. The molecule has 1 nitrogen and oxygen atoms in total. The zero-order valence-electron chi connectivity index (χ0n) is 7.51. The fourth-order valence-electron chi connectivity index (χ4n) is 1.17. The monoisotopic (exact) mass is 256 g/mol. The first-order valence-electron chi connectivity index (χ1n) is 3.73. The maximum atomic E-state index is 13.1. The Hall–Kier alpha value is -0.860. The minimum absolute atomic E-state index is 0.132. The van der Waals surface area contributed by atoms with Gasteiger partial charge in [0.15, 0.2) is 0 Å². The third kappa shape index (κ3) is 1.26. The quantitative estimate of drug-likeness (QED) is 0.655. The molecule has 9 heteroatoms. The lowest BCUT2D eigenvalue weighted by Gasteiger charge is -2.39. The summed E-state index contributed by atoms with van der Waals surface area (Å²) in [5, 5.41) is 0. The van der Waals surface area contributed by atoms with Gasteiger partial charge in [-0.1, -0.05) is 0 Å². The molecule has 0 fully saturated rings. The number of rotatable bonds is 1. The van der Waals surface area contributed by atoms with E-state index >= 15 is 0 Å². The average Bonchev–Trinajstić information content (AvgIpc) is 2.22. The molecule has 0 saturated heterocycles. The fourth-order valence-corrected chi connectivity index (χ4v) is 1.17. The molecule has 1 rings (SSSR count). The van der Waals surface area contributed by atoms with Crippen molar-refractivity contribution in [2.24, 2.45) is 0 Å². The molecular weight excluding hydrogens is 252 g/mol. The van der Waals surface area contributed by atoms with Crippen molar-refractivity contribution < 1.29 is 39.9 Å². The van der Waals surface area contributed by atoms with Gasteiger partial charge in [-0.3, -0.25) is 0 Å². The predicted molar refractivity (Wildman–Crippen MR) is 34.9 cm³/mol. The molecule has 0 aliphatic heterocycles. The minimum atomic E-state index is -5.47. The van der Waals surface area contributed by atoms with Gasteiger partial charge in [-0.15, -0.1) is 0 Å². The Morgan fingerprint density at radius 2 is 1.44 bits per heavy atom. The molecule has 0 radical (unpaired) electrons. The van der Waals surface area contributed by atoms with E-state index in [9.17, 15) is 35.1 Å². The second-order valence-electron chi connectivity index (χ2n) is 3.04. The van der Waals surface area contributed by atoms with Crippen LogP contribution >= 0.6 is 0 Å².